The van der Waals surface area contributed by atoms with Gasteiger partial charge in [0.05, 0.1) is 22.5 Å². The van der Waals surface area contributed by atoms with E-state index in [2.05, 4.69) is 16.8 Å². The van der Waals surface area contributed by atoms with E-state index in [1.165, 1.54) is 0 Å². The van der Waals surface area contributed by atoms with Crippen molar-refractivity contribution in [2.24, 2.45) is 0 Å². The summed E-state index contributed by atoms with van der Waals surface area (Å²) in [6.45, 7) is 5.84. The topological polar surface area (TPSA) is 47.1 Å². The van der Waals surface area contributed by atoms with Crippen molar-refractivity contribution in [3.63, 3.8) is 0 Å². The summed E-state index contributed by atoms with van der Waals surface area (Å²) in [5, 5.41) is 0. The lowest BCUT2D eigenvalue weighted by Gasteiger charge is -2.34. The van der Waals surface area contributed by atoms with E-state index in [9.17, 15) is 9.59 Å². The molecule has 0 aromatic heterocycles. The molecule has 2 aromatic carbocycles. The first-order valence-electron chi connectivity index (χ1n) is 10.2. The minimum Gasteiger partial charge on any atom is -0.311 e. The highest BCUT2D eigenvalue weighted by Crippen LogP contribution is 2.31. The van der Waals surface area contributed by atoms with Gasteiger partial charge in [0.1, 0.15) is 0 Å². The predicted molar refractivity (Wildman–Crippen MR) is 116 cm³/mol. The van der Waals surface area contributed by atoms with Crippen molar-refractivity contribution in [1.82, 2.24) is 9.80 Å². The molecule has 6 nitrogen and oxygen atoms in total. The lowest BCUT2D eigenvalue weighted by Crippen LogP contribution is -2.45. The fourth-order valence-corrected chi connectivity index (χ4v) is 4.13. The number of anilines is 2. The second kappa shape index (κ2) is 8.35. The zero-order chi connectivity index (χ0) is 20.4. The minimum atomic E-state index is -0.0929. The average Bonchev–Trinajstić information content (AvgIpc) is 2.76. The molecule has 2 aliphatic heterocycles. The second-order valence-electron chi connectivity index (χ2n) is 7.85. The third-order valence-corrected chi connectivity index (χ3v) is 5.92. The van der Waals surface area contributed by atoms with E-state index < -0.39 is 0 Å². The third kappa shape index (κ3) is 3.91. The first-order valence-corrected chi connectivity index (χ1v) is 10.2. The number of likely N-dealkylation sites (N-methyl/N-ethyl adjacent to an activating group) is 1. The number of amides is 2. The third-order valence-electron chi connectivity index (χ3n) is 5.92. The maximum Gasteiger partial charge on any atom is 0.260 e. The number of benzene rings is 2. The summed E-state index contributed by atoms with van der Waals surface area (Å²) in [4.78, 5) is 34.8. The quantitative estimate of drug-likeness (QED) is 0.802. The first kappa shape index (κ1) is 19.6. The number of carbonyl (C=O) groups excluding carboxylic acids is 2. The smallest absolute Gasteiger partial charge is 0.260 e. The monoisotopic (exact) mass is 392 g/mol. The zero-order valence-corrected chi connectivity index (χ0v) is 17.2. The van der Waals surface area contributed by atoms with Crippen molar-refractivity contribution < 1.29 is 9.59 Å². The van der Waals surface area contributed by atoms with Crippen LogP contribution in [0.15, 0.2) is 48.5 Å². The van der Waals surface area contributed by atoms with E-state index in [-0.39, 0.29) is 11.8 Å². The van der Waals surface area contributed by atoms with Gasteiger partial charge < -0.3 is 19.6 Å². The maximum atomic E-state index is 13.5. The van der Waals surface area contributed by atoms with E-state index in [0.29, 0.717) is 29.0 Å². The van der Waals surface area contributed by atoms with Gasteiger partial charge >= 0.3 is 0 Å². The van der Waals surface area contributed by atoms with E-state index >= 15 is 0 Å². The second-order valence-corrected chi connectivity index (χ2v) is 7.85. The van der Waals surface area contributed by atoms with Crippen molar-refractivity contribution in [1.29, 1.82) is 0 Å². The minimum absolute atomic E-state index is 0.0502. The van der Waals surface area contributed by atoms with Gasteiger partial charge in [0.25, 0.3) is 11.8 Å². The molecule has 1 saturated heterocycles. The van der Waals surface area contributed by atoms with Gasteiger partial charge in [-0.05, 0) is 44.3 Å². The lowest BCUT2D eigenvalue weighted by molar-refractivity contribution is 0.0975. The van der Waals surface area contributed by atoms with Crippen LogP contribution in [-0.4, -0.2) is 75.0 Å². The Bertz CT molecular complexity index is 905. The van der Waals surface area contributed by atoms with Crippen molar-refractivity contribution in [2.75, 3.05) is 63.2 Å². The van der Waals surface area contributed by atoms with Gasteiger partial charge in [-0.15, -0.1) is 0 Å². The summed E-state index contributed by atoms with van der Waals surface area (Å²) in [7, 11) is 3.88. The number of hydrogen-bond acceptors (Lipinski definition) is 4. The molecule has 4 rings (SSSR count). The van der Waals surface area contributed by atoms with Crippen molar-refractivity contribution in [3.8, 4) is 0 Å². The molecule has 2 amide bonds. The molecular weight excluding hydrogens is 364 g/mol. The van der Waals surface area contributed by atoms with Crippen LogP contribution in [0.1, 0.15) is 27.1 Å². The molecule has 6 heteroatoms. The molecule has 29 heavy (non-hydrogen) atoms. The molecule has 2 heterocycles. The Morgan fingerprint density at radius 1 is 0.724 bits per heavy atom. The van der Waals surface area contributed by atoms with Gasteiger partial charge in [-0.2, -0.15) is 0 Å². The van der Waals surface area contributed by atoms with Crippen LogP contribution in [0.4, 0.5) is 11.4 Å². The SMILES string of the molecule is CN1CCN(CCCN2C(=O)c3ccccc3N(C)C(=O)c3ccccc32)CC1. The summed E-state index contributed by atoms with van der Waals surface area (Å²) < 4.78 is 0. The lowest BCUT2D eigenvalue weighted by atomic mass is 10.0. The number of nitrogens with zero attached hydrogens (tertiary/aromatic N) is 4. The number of hydrogen-bond donors (Lipinski definition) is 0. The van der Waals surface area contributed by atoms with Crippen molar-refractivity contribution >= 4 is 23.2 Å². The molecule has 152 valence electrons. The molecule has 0 saturated carbocycles. The van der Waals surface area contributed by atoms with Gasteiger partial charge in [-0.25, -0.2) is 0 Å². The molecule has 0 N–H and O–H groups in total. The zero-order valence-electron chi connectivity index (χ0n) is 17.2. The first-order chi connectivity index (χ1) is 14.1. The van der Waals surface area contributed by atoms with E-state index in [4.69, 9.17) is 0 Å². The van der Waals surface area contributed by atoms with E-state index in [1.807, 2.05) is 48.5 Å². The molecule has 0 radical (unpaired) electrons. The van der Waals surface area contributed by atoms with Crippen molar-refractivity contribution in [2.45, 2.75) is 6.42 Å². The maximum absolute atomic E-state index is 13.5. The summed E-state index contributed by atoms with van der Waals surface area (Å²) in [5.74, 6) is -0.143. The molecule has 2 aromatic rings. The normalized spacial score (nSPS) is 18.3. The highest BCUT2D eigenvalue weighted by atomic mass is 16.2. The number of rotatable bonds is 4. The molecule has 0 bridgehead atoms. The summed E-state index contributed by atoms with van der Waals surface area (Å²) in [6.07, 6.45) is 0.871. The average molecular weight is 393 g/mol. The van der Waals surface area contributed by atoms with Crippen LogP contribution in [-0.2, 0) is 0 Å². The van der Waals surface area contributed by atoms with E-state index in [0.717, 1.165) is 39.1 Å². The molecular formula is C23H28N4O2. The fourth-order valence-electron chi connectivity index (χ4n) is 4.13. The largest absolute Gasteiger partial charge is 0.311 e. The van der Waals surface area contributed by atoms with Crippen LogP contribution in [0, 0.1) is 0 Å². The van der Waals surface area contributed by atoms with Crippen molar-refractivity contribution in [3.05, 3.63) is 59.7 Å². The fraction of sp³-hybridized carbons (Fsp3) is 0.391. The van der Waals surface area contributed by atoms with Gasteiger partial charge in [0, 0.05) is 39.8 Å². The van der Waals surface area contributed by atoms with Gasteiger partial charge in [0.2, 0.25) is 0 Å². The van der Waals surface area contributed by atoms with Crippen LogP contribution in [0.2, 0.25) is 0 Å². The van der Waals surface area contributed by atoms with Gasteiger partial charge in [-0.1, -0.05) is 24.3 Å². The Hall–Kier alpha value is -2.70. The molecule has 0 unspecified atom stereocenters. The Balaban J connectivity index is 1.61. The van der Waals surface area contributed by atoms with Crippen LogP contribution in [0.25, 0.3) is 0 Å². The standard InChI is InChI=1S/C23H28N4O2/c1-24-14-16-26(17-15-24)12-7-13-27-21-11-6-4-9-19(21)22(28)25(2)20-10-5-3-8-18(20)23(27)29/h3-6,8-11H,7,12-17H2,1-2H3. The molecule has 0 spiro atoms. The van der Waals surface area contributed by atoms with Gasteiger partial charge in [0.15, 0.2) is 0 Å². The highest BCUT2D eigenvalue weighted by molar-refractivity contribution is 6.20. The van der Waals surface area contributed by atoms with Gasteiger partial charge in [-0.3, -0.25) is 9.59 Å². The van der Waals surface area contributed by atoms with Crippen LogP contribution in [0.3, 0.4) is 0 Å². The molecule has 0 aliphatic carbocycles. The summed E-state index contributed by atoms with van der Waals surface area (Å²) in [6, 6.07) is 14.8. The number of carbonyl (C=O) groups is 2. The Morgan fingerprint density at radius 3 is 2.00 bits per heavy atom. The number of fused-ring (bicyclic) bond motifs is 2. The molecule has 0 atom stereocenters. The number of piperazine rings is 1. The molecule has 1 fully saturated rings. The van der Waals surface area contributed by atoms with Crippen LogP contribution < -0.4 is 9.80 Å². The van der Waals surface area contributed by atoms with Crippen LogP contribution in [0.5, 0.6) is 0 Å². The summed E-state index contributed by atoms with van der Waals surface area (Å²) >= 11 is 0. The Kier molecular flexibility index (Phi) is 5.65. The summed E-state index contributed by atoms with van der Waals surface area (Å²) in [5.41, 5.74) is 2.48. The number of para-hydroxylation sites is 2. The molecule has 2 aliphatic rings. The predicted octanol–water partition coefficient (Wildman–Crippen LogP) is 2.56. The Morgan fingerprint density at radius 2 is 1.31 bits per heavy atom. The highest BCUT2D eigenvalue weighted by Gasteiger charge is 2.30. The Labute approximate surface area is 172 Å². The van der Waals surface area contributed by atoms with Crippen LogP contribution >= 0.6 is 0 Å². The van der Waals surface area contributed by atoms with E-state index in [1.54, 1.807) is 16.8 Å².